The van der Waals surface area contributed by atoms with Gasteiger partial charge in [-0.2, -0.15) is 8.78 Å². The molecule has 2 aromatic rings. The normalized spacial score (nSPS) is 13.3. The number of hydrogen-bond donors (Lipinski definition) is 2. The number of imide groups is 1. The quantitative estimate of drug-likeness (QED) is 0.291. The summed E-state index contributed by atoms with van der Waals surface area (Å²) < 4.78 is 57.9. The van der Waals surface area contributed by atoms with E-state index in [-0.39, 0.29) is 32.2 Å². The molecule has 0 spiro atoms. The predicted octanol–water partition coefficient (Wildman–Crippen LogP) is 1.38. The van der Waals surface area contributed by atoms with Gasteiger partial charge in [-0.05, 0) is 12.1 Å². The molecule has 0 atom stereocenters. The fraction of sp³-hybridized carbons (Fsp3) is 0.292. The molecule has 14 heteroatoms. The molecule has 3 rings (SSSR count). The Kier molecular flexibility index (Phi) is 10.9. The number of carboxylic acid groups (broad SMARTS) is 1. The third-order valence-corrected chi connectivity index (χ3v) is 4.86. The average molecular weight is 541 g/mol. The highest BCUT2D eigenvalue weighted by Crippen LogP contribution is 2.26. The monoisotopic (exact) mass is 541 g/mol. The molecule has 38 heavy (non-hydrogen) atoms. The van der Waals surface area contributed by atoms with E-state index in [0.717, 1.165) is 11.8 Å². The first kappa shape index (κ1) is 29.9. The van der Waals surface area contributed by atoms with Crippen LogP contribution in [0.4, 0.5) is 17.6 Å². The Morgan fingerprint density at radius 2 is 1.58 bits per heavy atom. The van der Waals surface area contributed by atoms with Crippen molar-refractivity contribution in [2.45, 2.75) is 6.92 Å². The Balaban J connectivity index is 0.00000118. The molecule has 204 valence electrons. The SMILES string of the molecule is CC(=O)O.O=C(CNC(=O)CN1CCN(C(=O)c2ccccc2)C(=O)C1)COc1c(F)c(F)cc(F)c1F. The first-order chi connectivity index (χ1) is 17.9. The Bertz CT molecular complexity index is 1180. The van der Waals surface area contributed by atoms with E-state index in [9.17, 15) is 36.7 Å². The van der Waals surface area contributed by atoms with Crippen molar-refractivity contribution in [3.8, 4) is 5.75 Å². The highest BCUT2D eigenvalue weighted by molar-refractivity contribution is 6.05. The minimum absolute atomic E-state index is 0.00169. The second kappa shape index (κ2) is 13.8. The molecule has 0 bridgehead atoms. The van der Waals surface area contributed by atoms with Crippen LogP contribution in [0.15, 0.2) is 36.4 Å². The molecule has 0 radical (unpaired) electrons. The van der Waals surface area contributed by atoms with Gasteiger partial charge in [0.1, 0.15) is 6.61 Å². The highest BCUT2D eigenvalue weighted by atomic mass is 19.2. The minimum Gasteiger partial charge on any atom is -0.481 e. The zero-order valence-electron chi connectivity index (χ0n) is 20.0. The van der Waals surface area contributed by atoms with Gasteiger partial charge in [0.15, 0.2) is 23.2 Å². The summed E-state index contributed by atoms with van der Waals surface area (Å²) in [6.07, 6.45) is 0. The first-order valence-corrected chi connectivity index (χ1v) is 11.0. The summed E-state index contributed by atoms with van der Waals surface area (Å²) in [5, 5.41) is 9.67. The summed E-state index contributed by atoms with van der Waals surface area (Å²) in [5.74, 6) is -11.5. The molecular formula is C24H23F4N3O7. The molecule has 0 unspecified atom stereocenters. The van der Waals surface area contributed by atoms with Crippen LogP contribution in [0.25, 0.3) is 0 Å². The van der Waals surface area contributed by atoms with E-state index in [1.54, 1.807) is 30.3 Å². The first-order valence-electron chi connectivity index (χ1n) is 11.0. The number of benzene rings is 2. The maximum atomic E-state index is 13.5. The summed E-state index contributed by atoms with van der Waals surface area (Å²) >= 11 is 0. The lowest BCUT2D eigenvalue weighted by atomic mass is 10.2. The number of nitrogens with one attached hydrogen (secondary N) is 1. The van der Waals surface area contributed by atoms with Gasteiger partial charge in [-0.1, -0.05) is 18.2 Å². The lowest BCUT2D eigenvalue weighted by Crippen LogP contribution is -2.54. The number of rotatable bonds is 8. The summed E-state index contributed by atoms with van der Waals surface area (Å²) in [6.45, 7) is -0.569. The van der Waals surface area contributed by atoms with Crippen LogP contribution in [0.1, 0.15) is 17.3 Å². The molecule has 2 aromatic carbocycles. The number of ether oxygens (including phenoxy) is 1. The molecule has 1 heterocycles. The fourth-order valence-corrected chi connectivity index (χ4v) is 3.15. The molecular weight excluding hydrogens is 518 g/mol. The van der Waals surface area contributed by atoms with Crippen LogP contribution < -0.4 is 10.1 Å². The van der Waals surface area contributed by atoms with Gasteiger partial charge in [0.05, 0.1) is 19.6 Å². The molecule has 0 saturated carbocycles. The fourth-order valence-electron chi connectivity index (χ4n) is 3.15. The zero-order chi connectivity index (χ0) is 28.4. The summed E-state index contributed by atoms with van der Waals surface area (Å²) in [6, 6.07) is 8.26. The topological polar surface area (TPSA) is 133 Å². The Labute approximate surface area is 213 Å². The number of Topliss-reactive ketones (excluding diaryl/α,β-unsaturated/α-hetero) is 1. The molecule has 3 amide bonds. The number of halogens is 4. The van der Waals surface area contributed by atoms with E-state index in [0.29, 0.717) is 5.56 Å². The summed E-state index contributed by atoms with van der Waals surface area (Å²) in [7, 11) is 0. The van der Waals surface area contributed by atoms with Crippen molar-refractivity contribution in [1.82, 2.24) is 15.1 Å². The third-order valence-electron chi connectivity index (χ3n) is 4.86. The minimum atomic E-state index is -1.79. The van der Waals surface area contributed by atoms with Gasteiger partial charge in [0.25, 0.3) is 11.9 Å². The van der Waals surface area contributed by atoms with Crippen LogP contribution in [0, 0.1) is 23.3 Å². The van der Waals surface area contributed by atoms with E-state index in [4.69, 9.17) is 9.90 Å². The number of piperazine rings is 1. The van der Waals surface area contributed by atoms with Gasteiger partial charge in [-0.25, -0.2) is 8.78 Å². The predicted molar refractivity (Wildman–Crippen MR) is 122 cm³/mol. The zero-order valence-corrected chi connectivity index (χ0v) is 20.0. The van der Waals surface area contributed by atoms with Crippen LogP contribution in [0.5, 0.6) is 5.75 Å². The van der Waals surface area contributed by atoms with Crippen molar-refractivity contribution in [2.24, 2.45) is 0 Å². The average Bonchev–Trinajstić information content (AvgIpc) is 2.86. The van der Waals surface area contributed by atoms with Crippen LogP contribution in [-0.4, -0.2) is 83.7 Å². The summed E-state index contributed by atoms with van der Waals surface area (Å²) in [5.41, 5.74) is 0.364. The third kappa shape index (κ3) is 8.65. The van der Waals surface area contributed by atoms with Crippen LogP contribution in [0.3, 0.4) is 0 Å². The molecule has 1 aliphatic heterocycles. The lowest BCUT2D eigenvalue weighted by Gasteiger charge is -2.32. The van der Waals surface area contributed by atoms with E-state index < -0.39 is 71.6 Å². The van der Waals surface area contributed by atoms with Crippen LogP contribution in [0.2, 0.25) is 0 Å². The molecule has 0 aliphatic carbocycles. The van der Waals surface area contributed by atoms with Crippen molar-refractivity contribution in [2.75, 3.05) is 39.3 Å². The van der Waals surface area contributed by atoms with E-state index in [1.165, 1.54) is 4.90 Å². The van der Waals surface area contributed by atoms with E-state index in [2.05, 4.69) is 10.1 Å². The van der Waals surface area contributed by atoms with Crippen molar-refractivity contribution in [3.05, 3.63) is 65.2 Å². The largest absolute Gasteiger partial charge is 0.481 e. The van der Waals surface area contributed by atoms with E-state index in [1.807, 2.05) is 0 Å². The Morgan fingerprint density at radius 1 is 1.00 bits per heavy atom. The maximum Gasteiger partial charge on any atom is 0.300 e. The number of aliphatic carboxylic acids is 1. The molecule has 0 aromatic heterocycles. The molecule has 1 aliphatic rings. The second-order valence-corrected chi connectivity index (χ2v) is 7.85. The standard InChI is InChI=1S/C22H19F4N3O5.C2H4O2/c23-15-8-16(24)20(26)21(19(15)25)34-12-14(30)9-27-17(31)10-28-6-7-29(18(32)11-28)22(33)13-4-2-1-3-5-13;1-2(3)4/h1-5,8H,6-7,9-12H2,(H,27,31);1H3,(H,3,4). The molecule has 1 fully saturated rings. The van der Waals surface area contributed by atoms with Gasteiger partial charge in [0.2, 0.25) is 23.4 Å². The van der Waals surface area contributed by atoms with Crippen molar-refractivity contribution in [3.63, 3.8) is 0 Å². The summed E-state index contributed by atoms with van der Waals surface area (Å²) in [4.78, 5) is 60.2. The highest BCUT2D eigenvalue weighted by Gasteiger charge is 2.30. The van der Waals surface area contributed by atoms with E-state index >= 15 is 0 Å². The number of hydrogen-bond acceptors (Lipinski definition) is 7. The molecule has 10 nitrogen and oxygen atoms in total. The van der Waals surface area contributed by atoms with Crippen molar-refractivity contribution < 1.29 is 51.4 Å². The number of ketones is 1. The van der Waals surface area contributed by atoms with Gasteiger partial charge < -0.3 is 15.2 Å². The van der Waals surface area contributed by atoms with Crippen molar-refractivity contribution in [1.29, 1.82) is 0 Å². The van der Waals surface area contributed by atoms with Crippen LogP contribution in [-0.2, 0) is 19.2 Å². The molecule has 1 saturated heterocycles. The number of nitrogens with zero attached hydrogens (tertiary/aromatic N) is 2. The number of carbonyl (C=O) groups excluding carboxylic acids is 4. The lowest BCUT2D eigenvalue weighted by molar-refractivity contribution is -0.135. The number of carboxylic acids is 1. The molecule has 2 N–H and O–H groups in total. The number of amides is 3. The maximum absolute atomic E-state index is 13.5. The Hall–Kier alpha value is -4.33. The van der Waals surface area contributed by atoms with Gasteiger partial charge in [-0.15, -0.1) is 0 Å². The van der Waals surface area contributed by atoms with Gasteiger partial charge in [-0.3, -0.25) is 33.8 Å². The number of carbonyl (C=O) groups is 5. The van der Waals surface area contributed by atoms with Gasteiger partial charge in [0, 0.05) is 31.6 Å². The Morgan fingerprint density at radius 3 is 2.13 bits per heavy atom. The second-order valence-electron chi connectivity index (χ2n) is 7.85. The van der Waals surface area contributed by atoms with Gasteiger partial charge >= 0.3 is 0 Å². The smallest absolute Gasteiger partial charge is 0.300 e. The van der Waals surface area contributed by atoms with Crippen molar-refractivity contribution >= 4 is 29.5 Å². The van der Waals surface area contributed by atoms with Crippen LogP contribution >= 0.6 is 0 Å².